The number of hydrogen-bond acceptors (Lipinski definition) is 3. The van der Waals surface area contributed by atoms with Gasteiger partial charge in [-0.15, -0.1) is 0 Å². The number of aryl methyl sites for hydroxylation is 1. The van der Waals surface area contributed by atoms with Gasteiger partial charge in [-0.2, -0.15) is 5.10 Å². The summed E-state index contributed by atoms with van der Waals surface area (Å²) in [6.07, 6.45) is 1.56. The van der Waals surface area contributed by atoms with Crippen molar-refractivity contribution in [2.75, 3.05) is 7.11 Å². The molecule has 0 amide bonds. The summed E-state index contributed by atoms with van der Waals surface area (Å²) in [5.74, 6) is 0.364. The van der Waals surface area contributed by atoms with Gasteiger partial charge in [0.05, 0.1) is 13.3 Å². The predicted octanol–water partition coefficient (Wildman–Crippen LogP) is 3.67. The molecule has 19 heavy (non-hydrogen) atoms. The molecule has 6 heteroatoms. The van der Waals surface area contributed by atoms with Crippen LogP contribution in [0.3, 0.4) is 0 Å². The number of nitrogens with zero attached hydrogens (tertiary/aromatic N) is 2. The second kappa shape index (κ2) is 5.88. The number of hydrogen-bond donors (Lipinski definition) is 0. The lowest BCUT2D eigenvalue weighted by molar-refractivity contribution is 0.102. The number of rotatable bonds is 4. The molecule has 0 aliphatic carbocycles. The van der Waals surface area contributed by atoms with Crippen molar-refractivity contribution in [3.63, 3.8) is 0 Å². The molecule has 0 unspecified atom stereocenters. The Bertz CT molecular complexity index is 602. The maximum atomic E-state index is 12.6. The molecular weight excluding hydrogens is 376 g/mol. The van der Waals surface area contributed by atoms with Crippen LogP contribution in [0.1, 0.15) is 23.0 Å². The van der Waals surface area contributed by atoms with Gasteiger partial charge in [0.25, 0.3) is 0 Å². The van der Waals surface area contributed by atoms with Crippen LogP contribution in [0.5, 0.6) is 5.75 Å². The van der Waals surface area contributed by atoms with Crippen molar-refractivity contribution in [2.45, 2.75) is 13.5 Å². The molecule has 2 aromatic rings. The van der Waals surface area contributed by atoms with E-state index in [0.717, 1.165) is 8.95 Å². The summed E-state index contributed by atoms with van der Waals surface area (Å²) in [6, 6.07) is 5.48. The third-order valence-corrected chi connectivity index (χ3v) is 3.90. The first-order valence-electron chi connectivity index (χ1n) is 5.68. The molecule has 0 saturated carbocycles. The second-order valence-corrected chi connectivity index (χ2v) is 5.60. The molecule has 0 spiro atoms. The fourth-order valence-electron chi connectivity index (χ4n) is 1.79. The van der Waals surface area contributed by atoms with Crippen molar-refractivity contribution in [3.8, 4) is 5.75 Å². The third-order valence-electron chi connectivity index (χ3n) is 2.71. The number of benzene rings is 1. The van der Waals surface area contributed by atoms with E-state index in [9.17, 15) is 4.79 Å². The zero-order valence-electron chi connectivity index (χ0n) is 10.5. The molecular formula is C13H12Br2N2O2. The summed E-state index contributed by atoms with van der Waals surface area (Å²) >= 11 is 6.77. The summed E-state index contributed by atoms with van der Waals surface area (Å²) in [6.45, 7) is 2.54. The van der Waals surface area contributed by atoms with Crippen LogP contribution in [0.25, 0.3) is 0 Å². The van der Waals surface area contributed by atoms with Gasteiger partial charge in [0.2, 0.25) is 5.78 Å². The minimum Gasteiger partial charge on any atom is -0.493 e. The zero-order valence-corrected chi connectivity index (χ0v) is 13.7. The van der Waals surface area contributed by atoms with Crippen LogP contribution in [0.15, 0.2) is 33.3 Å². The Balaban J connectivity index is 2.55. The van der Waals surface area contributed by atoms with Gasteiger partial charge in [-0.05, 0) is 25.1 Å². The van der Waals surface area contributed by atoms with Crippen LogP contribution < -0.4 is 4.74 Å². The van der Waals surface area contributed by atoms with Gasteiger partial charge in [-0.3, -0.25) is 9.48 Å². The number of carbonyl (C=O) groups excluding carboxylic acids is 1. The number of halogens is 2. The highest BCUT2D eigenvalue weighted by molar-refractivity contribution is 9.11. The van der Waals surface area contributed by atoms with E-state index in [0.29, 0.717) is 23.6 Å². The van der Waals surface area contributed by atoms with Gasteiger partial charge in [-0.1, -0.05) is 31.9 Å². The Hall–Kier alpha value is -1.14. The largest absolute Gasteiger partial charge is 0.493 e. The monoisotopic (exact) mass is 386 g/mol. The van der Waals surface area contributed by atoms with Crippen molar-refractivity contribution >= 4 is 37.6 Å². The average molecular weight is 388 g/mol. The Labute approximate surface area is 128 Å². The summed E-state index contributed by atoms with van der Waals surface area (Å²) in [4.78, 5) is 12.6. The highest BCUT2D eigenvalue weighted by Gasteiger charge is 2.22. The highest BCUT2D eigenvalue weighted by atomic mass is 79.9. The zero-order chi connectivity index (χ0) is 14.0. The van der Waals surface area contributed by atoms with E-state index in [2.05, 4.69) is 37.0 Å². The summed E-state index contributed by atoms with van der Waals surface area (Å²) < 4.78 is 8.43. The molecule has 1 heterocycles. The lowest BCUT2D eigenvalue weighted by Crippen LogP contribution is -2.12. The molecule has 0 aliphatic heterocycles. The number of methoxy groups -OCH3 is 1. The molecule has 0 fully saturated rings. The first kappa shape index (κ1) is 14.3. The van der Waals surface area contributed by atoms with Crippen LogP contribution in [-0.4, -0.2) is 22.7 Å². The first-order valence-corrected chi connectivity index (χ1v) is 7.26. The van der Waals surface area contributed by atoms with E-state index in [4.69, 9.17) is 4.74 Å². The van der Waals surface area contributed by atoms with Gasteiger partial charge in [0.15, 0.2) is 11.4 Å². The lowest BCUT2D eigenvalue weighted by Gasteiger charge is -2.08. The van der Waals surface area contributed by atoms with E-state index in [1.54, 1.807) is 16.9 Å². The molecule has 100 valence electrons. The van der Waals surface area contributed by atoms with Gasteiger partial charge in [0.1, 0.15) is 0 Å². The fourth-order valence-corrected chi connectivity index (χ4v) is 2.57. The molecule has 1 aromatic carbocycles. The standard InChI is InChI=1S/C13H12Br2N2O2/c1-3-17-12(11(19-2)7-16-17)13(18)9-6-8(14)4-5-10(9)15/h4-7H,3H2,1-2H3. The number of ether oxygens (including phenoxy) is 1. The molecule has 0 saturated heterocycles. The van der Waals surface area contributed by atoms with E-state index in [1.165, 1.54) is 7.11 Å². The Kier molecular flexibility index (Phi) is 4.42. The van der Waals surface area contributed by atoms with Crippen molar-refractivity contribution in [1.29, 1.82) is 0 Å². The van der Waals surface area contributed by atoms with E-state index >= 15 is 0 Å². The SMILES string of the molecule is CCn1ncc(OC)c1C(=O)c1cc(Br)ccc1Br. The van der Waals surface area contributed by atoms with Crippen molar-refractivity contribution in [1.82, 2.24) is 9.78 Å². The normalized spacial score (nSPS) is 10.5. The smallest absolute Gasteiger partial charge is 0.216 e. The molecule has 0 bridgehead atoms. The van der Waals surface area contributed by atoms with Crippen LogP contribution in [-0.2, 0) is 6.54 Å². The van der Waals surface area contributed by atoms with Gasteiger partial charge >= 0.3 is 0 Å². The van der Waals surface area contributed by atoms with Crippen LogP contribution in [0, 0.1) is 0 Å². The molecule has 4 nitrogen and oxygen atoms in total. The topological polar surface area (TPSA) is 44.1 Å². The van der Waals surface area contributed by atoms with Crippen LogP contribution in [0.2, 0.25) is 0 Å². The van der Waals surface area contributed by atoms with Gasteiger partial charge < -0.3 is 4.74 Å². The van der Waals surface area contributed by atoms with Crippen LogP contribution >= 0.6 is 31.9 Å². The summed E-state index contributed by atoms with van der Waals surface area (Å²) in [5, 5.41) is 4.15. The quantitative estimate of drug-likeness (QED) is 0.752. The predicted molar refractivity (Wildman–Crippen MR) is 79.7 cm³/mol. The van der Waals surface area contributed by atoms with Crippen molar-refractivity contribution in [3.05, 3.63) is 44.6 Å². The number of aromatic nitrogens is 2. The van der Waals surface area contributed by atoms with Crippen molar-refractivity contribution in [2.24, 2.45) is 0 Å². The maximum Gasteiger partial charge on any atom is 0.216 e. The Morgan fingerprint density at radius 1 is 1.42 bits per heavy atom. The van der Waals surface area contributed by atoms with E-state index in [-0.39, 0.29) is 5.78 Å². The molecule has 1 aromatic heterocycles. The maximum absolute atomic E-state index is 12.6. The van der Waals surface area contributed by atoms with E-state index < -0.39 is 0 Å². The Morgan fingerprint density at radius 2 is 2.16 bits per heavy atom. The van der Waals surface area contributed by atoms with Crippen molar-refractivity contribution < 1.29 is 9.53 Å². The average Bonchev–Trinajstić information content (AvgIpc) is 2.83. The molecule has 0 N–H and O–H groups in total. The number of ketones is 1. The minimum absolute atomic E-state index is 0.121. The van der Waals surface area contributed by atoms with Crippen LogP contribution in [0.4, 0.5) is 0 Å². The fraction of sp³-hybridized carbons (Fsp3) is 0.231. The number of carbonyl (C=O) groups is 1. The van der Waals surface area contributed by atoms with E-state index in [1.807, 2.05) is 19.1 Å². The highest BCUT2D eigenvalue weighted by Crippen LogP contribution is 2.27. The molecule has 0 radical (unpaired) electrons. The Morgan fingerprint density at radius 3 is 2.79 bits per heavy atom. The second-order valence-electron chi connectivity index (χ2n) is 3.83. The molecule has 0 aliphatic rings. The van der Waals surface area contributed by atoms with Gasteiger partial charge in [0, 0.05) is 21.1 Å². The van der Waals surface area contributed by atoms with Gasteiger partial charge in [-0.25, -0.2) is 0 Å². The summed E-state index contributed by atoms with van der Waals surface area (Å²) in [5.41, 5.74) is 1.03. The minimum atomic E-state index is -0.121. The lowest BCUT2D eigenvalue weighted by atomic mass is 10.1. The first-order chi connectivity index (χ1) is 9.08. The molecule has 0 atom stereocenters. The summed E-state index contributed by atoms with van der Waals surface area (Å²) in [7, 11) is 1.53. The molecule has 2 rings (SSSR count). The third kappa shape index (κ3) is 2.74.